The molecule has 0 saturated carbocycles. The molecular formula is C29H27ClN2O2. The second-order valence-corrected chi connectivity index (χ2v) is 9.48. The number of nitrogens with one attached hydrogen (secondary N) is 1. The number of hydrogen-bond donors (Lipinski definition) is 1. The number of aryl methyl sites for hydroxylation is 1. The molecule has 34 heavy (non-hydrogen) atoms. The summed E-state index contributed by atoms with van der Waals surface area (Å²) in [4.78, 5) is 29.0. The van der Waals surface area contributed by atoms with Gasteiger partial charge >= 0.3 is 0 Å². The summed E-state index contributed by atoms with van der Waals surface area (Å²) in [6.07, 6.45) is 1.40. The Balaban J connectivity index is 1.70. The lowest BCUT2D eigenvalue weighted by atomic mass is 9.78. The van der Waals surface area contributed by atoms with Crippen LogP contribution in [0.25, 0.3) is 0 Å². The smallest absolute Gasteiger partial charge is 0.227 e. The number of ketones is 1. The fourth-order valence-electron chi connectivity index (χ4n) is 5.10. The maximum atomic E-state index is 13.8. The number of carbonyl (C=O) groups is 2. The molecule has 0 bridgehead atoms. The Labute approximate surface area is 205 Å². The monoisotopic (exact) mass is 470 g/mol. The van der Waals surface area contributed by atoms with Gasteiger partial charge in [0.05, 0.1) is 17.4 Å². The Bertz CT molecular complexity index is 1300. The zero-order chi connectivity index (χ0) is 23.8. The average Bonchev–Trinajstić information content (AvgIpc) is 2.98. The Morgan fingerprint density at radius 1 is 1.00 bits per heavy atom. The SMILES string of the molecule is CCC(=O)N1c2ccccc2NC2=C(C(=O)C[C@H](c3cccc(Cl)c3)C2)[C@H]1c1ccc(C)cc1. The molecule has 5 rings (SSSR count). The van der Waals surface area contributed by atoms with Crippen molar-refractivity contribution < 1.29 is 9.59 Å². The molecule has 1 N–H and O–H groups in total. The van der Waals surface area contributed by atoms with Crippen LogP contribution in [0.2, 0.25) is 5.02 Å². The molecule has 172 valence electrons. The third-order valence-corrected chi connectivity index (χ3v) is 7.01. The van der Waals surface area contributed by atoms with Gasteiger partial charge in [0.1, 0.15) is 0 Å². The van der Waals surface area contributed by atoms with Gasteiger partial charge in [0.25, 0.3) is 0 Å². The number of anilines is 2. The van der Waals surface area contributed by atoms with Crippen LogP contribution in [-0.4, -0.2) is 11.7 Å². The lowest BCUT2D eigenvalue weighted by Crippen LogP contribution is -2.38. The van der Waals surface area contributed by atoms with Crippen molar-refractivity contribution in [1.82, 2.24) is 0 Å². The number of hydrogen-bond acceptors (Lipinski definition) is 3. The first-order valence-electron chi connectivity index (χ1n) is 11.7. The largest absolute Gasteiger partial charge is 0.357 e. The Morgan fingerprint density at radius 3 is 2.50 bits per heavy atom. The second-order valence-electron chi connectivity index (χ2n) is 9.05. The predicted molar refractivity (Wildman–Crippen MR) is 137 cm³/mol. The standard InChI is InChI=1S/C29H27ClN2O2/c1-3-27(34)32-25-10-5-4-9-23(25)31-24-16-21(20-7-6-8-22(30)15-20)17-26(33)28(24)29(32)19-13-11-18(2)12-14-19/h4-15,21,29,31H,3,16-17H2,1-2H3/t21-,29-/m1/s1. The number of carbonyl (C=O) groups excluding carboxylic acids is 2. The number of halogens is 1. The molecule has 0 aromatic heterocycles. The minimum atomic E-state index is -0.480. The number of Topliss-reactive ketones (excluding diaryl/α,β-unsaturated/α-hetero) is 1. The molecule has 0 unspecified atom stereocenters. The fourth-order valence-corrected chi connectivity index (χ4v) is 5.29. The highest BCUT2D eigenvalue weighted by atomic mass is 35.5. The first-order chi connectivity index (χ1) is 16.5. The summed E-state index contributed by atoms with van der Waals surface area (Å²) >= 11 is 6.26. The van der Waals surface area contributed by atoms with E-state index in [0.29, 0.717) is 29.9 Å². The second kappa shape index (κ2) is 9.11. The van der Waals surface area contributed by atoms with E-state index in [0.717, 1.165) is 33.8 Å². The van der Waals surface area contributed by atoms with Crippen molar-refractivity contribution in [3.05, 3.63) is 106 Å². The van der Waals surface area contributed by atoms with Crippen LogP contribution in [0.5, 0.6) is 0 Å². The van der Waals surface area contributed by atoms with E-state index in [-0.39, 0.29) is 17.6 Å². The number of fused-ring (bicyclic) bond motifs is 1. The van der Waals surface area contributed by atoms with Crippen LogP contribution in [0.4, 0.5) is 11.4 Å². The highest BCUT2D eigenvalue weighted by molar-refractivity contribution is 6.30. The van der Waals surface area contributed by atoms with E-state index in [1.807, 2.05) is 91.5 Å². The average molecular weight is 471 g/mol. The molecule has 2 atom stereocenters. The van der Waals surface area contributed by atoms with Crippen LogP contribution in [0.3, 0.4) is 0 Å². The van der Waals surface area contributed by atoms with E-state index in [1.54, 1.807) is 0 Å². The van der Waals surface area contributed by atoms with Crippen molar-refractivity contribution in [3.63, 3.8) is 0 Å². The van der Waals surface area contributed by atoms with Gasteiger partial charge in [-0.25, -0.2) is 0 Å². The number of benzene rings is 3. The molecule has 0 saturated heterocycles. The van der Waals surface area contributed by atoms with Gasteiger partial charge in [-0.3, -0.25) is 14.5 Å². The summed E-state index contributed by atoms with van der Waals surface area (Å²) in [5.41, 5.74) is 6.32. The van der Waals surface area contributed by atoms with Crippen molar-refractivity contribution in [3.8, 4) is 0 Å². The molecule has 3 aromatic rings. The molecule has 4 nitrogen and oxygen atoms in total. The summed E-state index contributed by atoms with van der Waals surface area (Å²) < 4.78 is 0. The Kier molecular flexibility index (Phi) is 6.01. The highest BCUT2D eigenvalue weighted by Gasteiger charge is 2.41. The topological polar surface area (TPSA) is 49.4 Å². The summed E-state index contributed by atoms with van der Waals surface area (Å²) in [6, 6.07) is 23.2. The van der Waals surface area contributed by atoms with Crippen molar-refractivity contribution >= 4 is 34.7 Å². The molecule has 1 aliphatic carbocycles. The van der Waals surface area contributed by atoms with E-state index in [9.17, 15) is 9.59 Å². The van der Waals surface area contributed by atoms with Gasteiger partial charge in [0, 0.05) is 29.1 Å². The maximum absolute atomic E-state index is 13.8. The lowest BCUT2D eigenvalue weighted by molar-refractivity contribution is -0.119. The van der Waals surface area contributed by atoms with Gasteiger partial charge in [0.2, 0.25) is 5.91 Å². The van der Waals surface area contributed by atoms with Crippen molar-refractivity contribution in [1.29, 1.82) is 0 Å². The summed E-state index contributed by atoms with van der Waals surface area (Å²) in [7, 11) is 0. The third kappa shape index (κ3) is 4.03. The molecule has 1 aliphatic heterocycles. The molecule has 2 aliphatic rings. The van der Waals surface area contributed by atoms with Crippen LogP contribution in [-0.2, 0) is 9.59 Å². The Morgan fingerprint density at radius 2 is 1.76 bits per heavy atom. The molecular weight excluding hydrogens is 444 g/mol. The van der Waals surface area contributed by atoms with E-state index >= 15 is 0 Å². The minimum Gasteiger partial charge on any atom is -0.357 e. The zero-order valence-electron chi connectivity index (χ0n) is 19.3. The van der Waals surface area contributed by atoms with Gasteiger partial charge in [-0.15, -0.1) is 0 Å². The number of para-hydroxylation sites is 2. The zero-order valence-corrected chi connectivity index (χ0v) is 20.1. The summed E-state index contributed by atoms with van der Waals surface area (Å²) in [5, 5.41) is 4.23. The van der Waals surface area contributed by atoms with Crippen molar-refractivity contribution in [2.24, 2.45) is 0 Å². The van der Waals surface area contributed by atoms with Gasteiger partial charge in [-0.1, -0.05) is 72.6 Å². The van der Waals surface area contributed by atoms with E-state index < -0.39 is 6.04 Å². The molecule has 0 spiro atoms. The van der Waals surface area contributed by atoms with Crippen LogP contribution in [0.1, 0.15) is 54.8 Å². The summed E-state index contributed by atoms with van der Waals surface area (Å²) in [6.45, 7) is 3.90. The van der Waals surface area contributed by atoms with E-state index in [4.69, 9.17) is 11.6 Å². The van der Waals surface area contributed by atoms with Gasteiger partial charge in [0.15, 0.2) is 5.78 Å². The van der Waals surface area contributed by atoms with Crippen LogP contribution in [0, 0.1) is 6.92 Å². The van der Waals surface area contributed by atoms with Crippen LogP contribution < -0.4 is 10.2 Å². The minimum absolute atomic E-state index is 0.0154. The number of rotatable bonds is 3. The third-order valence-electron chi connectivity index (χ3n) is 6.77. The molecule has 0 radical (unpaired) electrons. The lowest BCUT2D eigenvalue weighted by Gasteiger charge is -2.35. The van der Waals surface area contributed by atoms with Crippen LogP contribution >= 0.6 is 11.6 Å². The molecule has 3 aromatic carbocycles. The van der Waals surface area contributed by atoms with Crippen LogP contribution in [0.15, 0.2) is 84.1 Å². The number of allylic oxidation sites excluding steroid dienone is 1. The fraction of sp³-hybridized carbons (Fsp3) is 0.241. The molecule has 0 fully saturated rings. The highest BCUT2D eigenvalue weighted by Crippen LogP contribution is 2.47. The van der Waals surface area contributed by atoms with E-state index in [1.165, 1.54) is 0 Å². The van der Waals surface area contributed by atoms with E-state index in [2.05, 4.69) is 5.32 Å². The predicted octanol–water partition coefficient (Wildman–Crippen LogP) is 6.96. The first kappa shape index (κ1) is 22.4. The number of amides is 1. The number of nitrogens with zero attached hydrogens (tertiary/aromatic N) is 1. The Hall–Kier alpha value is -3.37. The van der Waals surface area contributed by atoms with Gasteiger partial charge < -0.3 is 5.32 Å². The molecule has 5 heteroatoms. The normalized spacial score (nSPS) is 19.7. The van der Waals surface area contributed by atoms with Crippen molar-refractivity contribution in [2.45, 2.75) is 45.1 Å². The maximum Gasteiger partial charge on any atom is 0.227 e. The van der Waals surface area contributed by atoms with Gasteiger partial charge in [-0.05, 0) is 54.7 Å². The molecule has 1 amide bonds. The molecule has 1 heterocycles. The van der Waals surface area contributed by atoms with Gasteiger partial charge in [-0.2, -0.15) is 0 Å². The van der Waals surface area contributed by atoms with Crippen molar-refractivity contribution in [2.75, 3.05) is 10.2 Å². The quantitative estimate of drug-likeness (QED) is 0.450. The summed E-state index contributed by atoms with van der Waals surface area (Å²) in [5.74, 6) is 0.0704. The first-order valence-corrected chi connectivity index (χ1v) is 12.1.